The molecular formula is C25H28F2N6OS. The molecule has 0 atom stereocenters. The zero-order valence-electron chi connectivity index (χ0n) is 19.9. The van der Waals surface area contributed by atoms with Crippen molar-refractivity contribution in [1.82, 2.24) is 20.3 Å². The Morgan fingerprint density at radius 2 is 1.80 bits per heavy atom. The molecule has 0 spiro atoms. The molecule has 1 saturated carbocycles. The molecule has 0 unspecified atom stereocenters. The van der Waals surface area contributed by atoms with E-state index in [9.17, 15) is 13.6 Å². The summed E-state index contributed by atoms with van der Waals surface area (Å²) in [4.78, 5) is 28.7. The van der Waals surface area contributed by atoms with Crippen molar-refractivity contribution in [3.63, 3.8) is 0 Å². The number of pyridine rings is 1. The van der Waals surface area contributed by atoms with Crippen LogP contribution < -0.4 is 15.5 Å². The Hall–Kier alpha value is -3.27. The van der Waals surface area contributed by atoms with Gasteiger partial charge in [-0.05, 0) is 62.9 Å². The SMILES string of the molecule is Cc1cnc(NC2CCC(NC(=O)c3cccnc3Sc3ccc(F)c(F)c3)CC2)nc1N(C)C. The van der Waals surface area contributed by atoms with Crippen LogP contribution in [-0.4, -0.2) is 47.0 Å². The number of carbonyl (C=O) groups is 1. The van der Waals surface area contributed by atoms with Gasteiger partial charge in [-0.2, -0.15) is 4.98 Å². The molecule has 184 valence electrons. The molecule has 4 rings (SSSR count). The van der Waals surface area contributed by atoms with Gasteiger partial charge in [-0.3, -0.25) is 4.79 Å². The molecule has 1 fully saturated rings. The first kappa shape index (κ1) is 24.8. The minimum absolute atomic E-state index is 0.0399. The number of aryl methyl sites for hydroxylation is 1. The monoisotopic (exact) mass is 498 g/mol. The highest BCUT2D eigenvalue weighted by Crippen LogP contribution is 2.30. The number of nitrogens with zero attached hydrogens (tertiary/aromatic N) is 4. The fraction of sp³-hybridized carbons (Fsp3) is 0.360. The molecule has 2 aromatic heterocycles. The van der Waals surface area contributed by atoms with Gasteiger partial charge < -0.3 is 15.5 Å². The first-order valence-electron chi connectivity index (χ1n) is 11.5. The standard InChI is InChI=1S/C25H28F2N6OS/c1-15-14-29-25(32-22(15)33(2)3)31-17-8-6-16(7-9-17)30-23(34)19-5-4-12-28-24(19)35-18-10-11-20(26)21(27)13-18/h4-5,10-14,16-17H,6-9H2,1-3H3,(H,30,34)(H,29,31,32). The lowest BCUT2D eigenvalue weighted by Crippen LogP contribution is -2.40. The van der Waals surface area contributed by atoms with E-state index >= 15 is 0 Å². The predicted octanol–water partition coefficient (Wildman–Crippen LogP) is 4.83. The van der Waals surface area contributed by atoms with Gasteiger partial charge in [-0.25, -0.2) is 18.7 Å². The molecule has 2 heterocycles. The second kappa shape index (κ2) is 11.0. The lowest BCUT2D eigenvalue weighted by atomic mass is 9.91. The van der Waals surface area contributed by atoms with Crippen molar-refractivity contribution < 1.29 is 13.6 Å². The molecular weight excluding hydrogens is 470 g/mol. The van der Waals surface area contributed by atoms with Gasteiger partial charge in [-0.1, -0.05) is 11.8 Å². The Labute approximate surface area is 207 Å². The lowest BCUT2D eigenvalue weighted by molar-refractivity contribution is 0.0923. The van der Waals surface area contributed by atoms with E-state index in [0.29, 0.717) is 21.4 Å². The maximum absolute atomic E-state index is 13.6. The topological polar surface area (TPSA) is 83.0 Å². The largest absolute Gasteiger partial charge is 0.362 e. The Kier molecular flexibility index (Phi) is 7.80. The van der Waals surface area contributed by atoms with E-state index in [1.54, 1.807) is 18.3 Å². The molecule has 0 saturated heterocycles. The quantitative estimate of drug-likeness (QED) is 0.483. The van der Waals surface area contributed by atoms with Crippen LogP contribution in [0.1, 0.15) is 41.6 Å². The molecule has 35 heavy (non-hydrogen) atoms. The fourth-order valence-corrected chi connectivity index (χ4v) is 4.99. The highest BCUT2D eigenvalue weighted by molar-refractivity contribution is 7.99. The van der Waals surface area contributed by atoms with Crippen LogP contribution in [0.5, 0.6) is 0 Å². The van der Waals surface area contributed by atoms with Gasteiger partial charge in [-0.15, -0.1) is 0 Å². The van der Waals surface area contributed by atoms with Crippen molar-refractivity contribution in [2.45, 2.75) is 54.6 Å². The summed E-state index contributed by atoms with van der Waals surface area (Å²) in [6.07, 6.45) is 6.79. The summed E-state index contributed by atoms with van der Waals surface area (Å²) in [5.74, 6) is -0.572. The smallest absolute Gasteiger partial charge is 0.254 e. The van der Waals surface area contributed by atoms with E-state index in [0.717, 1.165) is 61.0 Å². The number of rotatable bonds is 7. The van der Waals surface area contributed by atoms with Crippen molar-refractivity contribution >= 4 is 29.4 Å². The van der Waals surface area contributed by atoms with Crippen LogP contribution in [0, 0.1) is 18.6 Å². The number of anilines is 2. The number of carbonyl (C=O) groups excluding carboxylic acids is 1. The van der Waals surface area contributed by atoms with Gasteiger partial charge >= 0.3 is 0 Å². The average Bonchev–Trinajstić information content (AvgIpc) is 2.84. The van der Waals surface area contributed by atoms with Crippen LogP contribution in [0.25, 0.3) is 0 Å². The summed E-state index contributed by atoms with van der Waals surface area (Å²) in [7, 11) is 3.91. The maximum Gasteiger partial charge on any atom is 0.254 e. The summed E-state index contributed by atoms with van der Waals surface area (Å²) in [5, 5.41) is 6.97. The molecule has 0 bridgehead atoms. The van der Waals surface area contributed by atoms with Crippen LogP contribution in [0.4, 0.5) is 20.5 Å². The number of benzene rings is 1. The van der Waals surface area contributed by atoms with E-state index in [4.69, 9.17) is 0 Å². The highest BCUT2D eigenvalue weighted by atomic mass is 32.2. The van der Waals surface area contributed by atoms with E-state index in [-0.39, 0.29) is 18.0 Å². The molecule has 7 nitrogen and oxygen atoms in total. The number of aromatic nitrogens is 3. The average molecular weight is 499 g/mol. The number of halogens is 2. The van der Waals surface area contributed by atoms with Crippen LogP contribution in [-0.2, 0) is 0 Å². The van der Waals surface area contributed by atoms with Gasteiger partial charge in [0.25, 0.3) is 5.91 Å². The third-order valence-corrected chi connectivity index (χ3v) is 6.89. The molecule has 1 aliphatic rings. The zero-order valence-corrected chi connectivity index (χ0v) is 20.7. The van der Waals surface area contributed by atoms with Crippen LogP contribution >= 0.6 is 11.8 Å². The van der Waals surface area contributed by atoms with Crippen molar-refractivity contribution in [3.05, 3.63) is 65.5 Å². The van der Waals surface area contributed by atoms with Crippen molar-refractivity contribution in [3.8, 4) is 0 Å². The molecule has 1 aliphatic carbocycles. The van der Waals surface area contributed by atoms with Gasteiger partial charge in [0, 0.05) is 49.0 Å². The predicted molar refractivity (Wildman–Crippen MR) is 133 cm³/mol. The van der Waals surface area contributed by atoms with Crippen molar-refractivity contribution in [2.24, 2.45) is 0 Å². The molecule has 1 aromatic carbocycles. The summed E-state index contributed by atoms with van der Waals surface area (Å²) in [6, 6.07) is 7.28. The summed E-state index contributed by atoms with van der Waals surface area (Å²) in [6.45, 7) is 1.98. The first-order valence-corrected chi connectivity index (χ1v) is 12.3. The van der Waals surface area contributed by atoms with Gasteiger partial charge in [0.2, 0.25) is 5.95 Å². The van der Waals surface area contributed by atoms with Crippen molar-refractivity contribution in [2.75, 3.05) is 24.3 Å². The number of amides is 1. The minimum Gasteiger partial charge on any atom is -0.362 e. The molecule has 2 N–H and O–H groups in total. The molecule has 10 heteroatoms. The van der Waals surface area contributed by atoms with E-state index < -0.39 is 11.6 Å². The minimum atomic E-state index is -0.934. The summed E-state index contributed by atoms with van der Waals surface area (Å²) in [5.41, 5.74) is 1.43. The molecule has 0 radical (unpaired) electrons. The van der Waals surface area contributed by atoms with Gasteiger partial charge in [0.1, 0.15) is 10.8 Å². The Morgan fingerprint density at radius 3 is 2.51 bits per heavy atom. The van der Waals surface area contributed by atoms with E-state index in [1.807, 2.05) is 32.1 Å². The zero-order chi connectivity index (χ0) is 24.9. The summed E-state index contributed by atoms with van der Waals surface area (Å²) < 4.78 is 26.8. The molecule has 3 aromatic rings. The second-order valence-corrected chi connectivity index (χ2v) is 9.86. The van der Waals surface area contributed by atoms with E-state index in [2.05, 4.69) is 25.6 Å². The lowest BCUT2D eigenvalue weighted by Gasteiger charge is -2.30. The molecule has 0 aliphatic heterocycles. The summed E-state index contributed by atoms with van der Waals surface area (Å²) >= 11 is 1.13. The van der Waals surface area contributed by atoms with Gasteiger partial charge in [0.05, 0.1) is 5.56 Å². The fourth-order valence-electron chi connectivity index (χ4n) is 4.08. The Bertz CT molecular complexity index is 1200. The van der Waals surface area contributed by atoms with Gasteiger partial charge in [0.15, 0.2) is 11.6 Å². The number of hydrogen-bond donors (Lipinski definition) is 2. The number of hydrogen-bond acceptors (Lipinski definition) is 7. The van der Waals surface area contributed by atoms with E-state index in [1.165, 1.54) is 6.07 Å². The maximum atomic E-state index is 13.6. The van der Waals surface area contributed by atoms with Crippen LogP contribution in [0.15, 0.2) is 52.6 Å². The second-order valence-electron chi connectivity index (χ2n) is 8.80. The van der Waals surface area contributed by atoms with Crippen molar-refractivity contribution in [1.29, 1.82) is 0 Å². The third-order valence-electron chi connectivity index (χ3n) is 5.89. The molecule has 1 amide bonds. The normalized spacial score (nSPS) is 17.6. The van der Waals surface area contributed by atoms with Crippen LogP contribution in [0.2, 0.25) is 0 Å². The third kappa shape index (κ3) is 6.25. The Morgan fingerprint density at radius 1 is 1.06 bits per heavy atom. The highest BCUT2D eigenvalue weighted by Gasteiger charge is 2.25. The first-order chi connectivity index (χ1) is 16.8. The Balaban J connectivity index is 1.34. The van der Waals surface area contributed by atoms with Crippen LogP contribution in [0.3, 0.4) is 0 Å². The number of nitrogens with one attached hydrogen (secondary N) is 2.